The Morgan fingerprint density at radius 3 is 2.54 bits per heavy atom. The molecule has 28 heavy (non-hydrogen) atoms. The lowest BCUT2D eigenvalue weighted by Crippen LogP contribution is -2.27. The zero-order valence-electron chi connectivity index (χ0n) is 17.4. The smallest absolute Gasteiger partial charge is 0.182 e. The lowest BCUT2D eigenvalue weighted by molar-refractivity contribution is 0.291. The Morgan fingerprint density at radius 2 is 1.82 bits per heavy atom. The van der Waals surface area contributed by atoms with Crippen molar-refractivity contribution in [2.24, 2.45) is 0 Å². The van der Waals surface area contributed by atoms with Crippen LogP contribution in [0.1, 0.15) is 30.7 Å². The first-order chi connectivity index (χ1) is 13.5. The molecule has 0 unspecified atom stereocenters. The largest absolute Gasteiger partial charge is 0.328 e. The molecule has 0 spiro atoms. The minimum absolute atomic E-state index is 0.742. The fourth-order valence-corrected chi connectivity index (χ4v) is 3.89. The average Bonchev–Trinajstić information content (AvgIpc) is 3.23. The molecule has 0 saturated heterocycles. The Bertz CT molecular complexity index is 1130. The van der Waals surface area contributed by atoms with Crippen molar-refractivity contribution in [3.8, 4) is 11.4 Å². The molecular weight excluding hydrogens is 348 g/mol. The zero-order chi connectivity index (χ0) is 19.8. The highest BCUT2D eigenvalue weighted by atomic mass is 15.3. The molecule has 0 aliphatic rings. The second-order valence-electron chi connectivity index (χ2n) is 7.41. The van der Waals surface area contributed by atoms with Crippen molar-refractivity contribution in [1.29, 1.82) is 0 Å². The van der Waals surface area contributed by atoms with Gasteiger partial charge in [0.1, 0.15) is 12.0 Å². The first-order valence-corrected chi connectivity index (χ1v) is 10.0. The van der Waals surface area contributed by atoms with Gasteiger partial charge in [-0.05, 0) is 45.5 Å². The SMILES string of the molecule is CCN(CC)CCn1c(C)c(C)c2c1ncn1nc(-c3cccc(C)c3)nc21. The van der Waals surface area contributed by atoms with E-state index in [1.807, 2.05) is 6.07 Å². The second kappa shape index (κ2) is 7.36. The molecule has 4 rings (SSSR count). The predicted octanol–water partition coefficient (Wildman–Crippen LogP) is 4.01. The summed E-state index contributed by atoms with van der Waals surface area (Å²) in [6, 6.07) is 8.30. The molecule has 0 N–H and O–H groups in total. The molecule has 1 aromatic carbocycles. The first kappa shape index (κ1) is 18.6. The average molecular weight is 377 g/mol. The molecule has 6 heteroatoms. The Kier molecular flexibility index (Phi) is 4.89. The quantitative estimate of drug-likeness (QED) is 0.510. The van der Waals surface area contributed by atoms with Crippen LogP contribution in [-0.2, 0) is 6.54 Å². The van der Waals surface area contributed by atoms with Crippen molar-refractivity contribution in [2.45, 2.75) is 41.2 Å². The fourth-order valence-electron chi connectivity index (χ4n) is 3.89. The van der Waals surface area contributed by atoms with Crippen LogP contribution in [0.3, 0.4) is 0 Å². The summed E-state index contributed by atoms with van der Waals surface area (Å²) in [6.45, 7) is 14.9. The van der Waals surface area contributed by atoms with Crippen LogP contribution in [0.2, 0.25) is 0 Å². The van der Waals surface area contributed by atoms with Crippen molar-refractivity contribution < 1.29 is 0 Å². The van der Waals surface area contributed by atoms with Gasteiger partial charge in [-0.3, -0.25) is 0 Å². The second-order valence-corrected chi connectivity index (χ2v) is 7.41. The summed E-state index contributed by atoms with van der Waals surface area (Å²) in [5.41, 5.74) is 6.60. The van der Waals surface area contributed by atoms with Gasteiger partial charge in [0, 0.05) is 24.3 Å². The molecule has 3 aromatic heterocycles. The molecule has 0 amide bonds. The van der Waals surface area contributed by atoms with Crippen molar-refractivity contribution >= 4 is 16.7 Å². The van der Waals surface area contributed by atoms with Gasteiger partial charge >= 0.3 is 0 Å². The van der Waals surface area contributed by atoms with E-state index in [1.54, 1.807) is 10.8 Å². The van der Waals surface area contributed by atoms with Gasteiger partial charge in [0.05, 0.1) is 5.39 Å². The third kappa shape index (κ3) is 3.07. The van der Waals surface area contributed by atoms with E-state index in [4.69, 9.17) is 9.97 Å². The van der Waals surface area contributed by atoms with Crippen LogP contribution >= 0.6 is 0 Å². The minimum atomic E-state index is 0.742. The van der Waals surface area contributed by atoms with Gasteiger partial charge in [-0.15, -0.1) is 5.10 Å². The van der Waals surface area contributed by atoms with Crippen LogP contribution in [0.4, 0.5) is 0 Å². The van der Waals surface area contributed by atoms with Gasteiger partial charge < -0.3 is 9.47 Å². The molecule has 0 saturated carbocycles. The summed E-state index contributed by atoms with van der Waals surface area (Å²) in [5.74, 6) is 0.742. The minimum Gasteiger partial charge on any atom is -0.328 e. The molecule has 146 valence electrons. The fraction of sp³-hybridized carbons (Fsp3) is 0.409. The van der Waals surface area contributed by atoms with Crippen molar-refractivity contribution in [2.75, 3.05) is 19.6 Å². The number of benzene rings is 1. The van der Waals surface area contributed by atoms with Gasteiger partial charge in [-0.2, -0.15) is 0 Å². The Morgan fingerprint density at radius 1 is 1.04 bits per heavy atom. The van der Waals surface area contributed by atoms with Crippen LogP contribution in [0, 0.1) is 20.8 Å². The summed E-state index contributed by atoms with van der Waals surface area (Å²) in [6.07, 6.45) is 1.79. The molecule has 0 bridgehead atoms. The van der Waals surface area contributed by atoms with Crippen molar-refractivity contribution in [1.82, 2.24) is 29.0 Å². The Hall–Kier alpha value is -2.73. The number of aryl methyl sites for hydroxylation is 2. The van der Waals surface area contributed by atoms with Crippen LogP contribution in [0.5, 0.6) is 0 Å². The van der Waals surface area contributed by atoms with Crippen molar-refractivity contribution in [3.63, 3.8) is 0 Å². The van der Waals surface area contributed by atoms with Gasteiger partial charge in [0.15, 0.2) is 11.5 Å². The van der Waals surface area contributed by atoms with E-state index < -0.39 is 0 Å². The first-order valence-electron chi connectivity index (χ1n) is 10.0. The third-order valence-electron chi connectivity index (χ3n) is 5.76. The summed E-state index contributed by atoms with van der Waals surface area (Å²) >= 11 is 0. The van der Waals surface area contributed by atoms with Gasteiger partial charge in [-0.1, -0.05) is 37.6 Å². The molecule has 3 heterocycles. The number of nitrogens with zero attached hydrogens (tertiary/aromatic N) is 6. The molecule has 6 nitrogen and oxygen atoms in total. The molecule has 0 radical (unpaired) electrons. The van der Waals surface area contributed by atoms with E-state index in [1.165, 1.54) is 16.8 Å². The standard InChI is InChI=1S/C22H28N6/c1-6-26(7-2)11-12-27-17(5)16(4)19-21(27)23-14-28-22(19)24-20(25-28)18-10-8-9-15(3)13-18/h8-10,13-14H,6-7,11-12H2,1-5H3. The number of aromatic nitrogens is 5. The normalized spacial score (nSPS) is 11.9. The number of fused-ring (bicyclic) bond motifs is 3. The maximum absolute atomic E-state index is 4.88. The highest BCUT2D eigenvalue weighted by Gasteiger charge is 2.18. The summed E-state index contributed by atoms with van der Waals surface area (Å²) in [4.78, 5) is 12.1. The van der Waals surface area contributed by atoms with E-state index in [2.05, 4.69) is 67.4 Å². The number of rotatable bonds is 6. The highest BCUT2D eigenvalue weighted by molar-refractivity contribution is 5.94. The van der Waals surface area contributed by atoms with E-state index in [9.17, 15) is 0 Å². The van der Waals surface area contributed by atoms with Crippen LogP contribution < -0.4 is 0 Å². The molecule has 0 atom stereocenters. The molecular formula is C22H28N6. The molecule has 0 fully saturated rings. The molecule has 0 aliphatic carbocycles. The number of hydrogen-bond acceptors (Lipinski definition) is 4. The lowest BCUT2D eigenvalue weighted by atomic mass is 10.1. The Balaban J connectivity index is 1.83. The van der Waals surface area contributed by atoms with Crippen molar-refractivity contribution in [3.05, 3.63) is 47.4 Å². The Labute approximate surface area is 165 Å². The summed E-state index contributed by atoms with van der Waals surface area (Å²) in [7, 11) is 0. The van der Waals surface area contributed by atoms with Gasteiger partial charge in [0.25, 0.3) is 0 Å². The van der Waals surface area contributed by atoms with Crippen LogP contribution in [0.15, 0.2) is 30.6 Å². The summed E-state index contributed by atoms with van der Waals surface area (Å²) < 4.78 is 4.13. The molecule has 0 aliphatic heterocycles. The van der Waals surface area contributed by atoms with Crippen LogP contribution in [-0.4, -0.2) is 48.7 Å². The van der Waals surface area contributed by atoms with Gasteiger partial charge in [-0.25, -0.2) is 14.5 Å². The number of hydrogen-bond donors (Lipinski definition) is 0. The number of likely N-dealkylation sites (N-methyl/N-ethyl adjacent to an activating group) is 1. The zero-order valence-corrected chi connectivity index (χ0v) is 17.4. The predicted molar refractivity (Wildman–Crippen MR) is 114 cm³/mol. The van der Waals surface area contributed by atoms with E-state index in [0.717, 1.165) is 54.2 Å². The van der Waals surface area contributed by atoms with E-state index in [0.29, 0.717) is 0 Å². The van der Waals surface area contributed by atoms with Crippen LogP contribution in [0.25, 0.3) is 28.1 Å². The maximum Gasteiger partial charge on any atom is 0.182 e. The third-order valence-corrected chi connectivity index (χ3v) is 5.76. The van der Waals surface area contributed by atoms with E-state index >= 15 is 0 Å². The van der Waals surface area contributed by atoms with E-state index in [-0.39, 0.29) is 0 Å². The highest BCUT2D eigenvalue weighted by Crippen LogP contribution is 2.28. The lowest BCUT2D eigenvalue weighted by Gasteiger charge is -2.19. The van der Waals surface area contributed by atoms with Gasteiger partial charge in [0.2, 0.25) is 0 Å². The monoisotopic (exact) mass is 376 g/mol. The molecule has 4 aromatic rings. The summed E-state index contributed by atoms with van der Waals surface area (Å²) in [5, 5.41) is 5.78. The topological polar surface area (TPSA) is 51.2 Å². The maximum atomic E-state index is 4.88.